The van der Waals surface area contributed by atoms with Crippen LogP contribution in [0.1, 0.15) is 0 Å². The number of nitrogens with zero attached hydrogens (tertiary/aromatic N) is 1. The summed E-state index contributed by atoms with van der Waals surface area (Å²) in [4.78, 5) is 2.38. The minimum atomic E-state index is 0.906. The Hall–Kier alpha value is -0.100. The topological polar surface area (TPSA) is 29.3 Å². The lowest BCUT2D eigenvalue weighted by Crippen LogP contribution is -2.32. The maximum absolute atomic E-state index is 6.00. The highest BCUT2D eigenvalue weighted by molar-refractivity contribution is 14.1. The van der Waals surface area contributed by atoms with E-state index in [1.54, 1.807) is 0 Å². The number of rotatable bonds is 1. The number of anilines is 2. The molecule has 4 heteroatoms. The second kappa shape index (κ2) is 4.61. The lowest BCUT2D eigenvalue weighted by Gasteiger charge is -2.29. The molecular weight excluding hydrogens is 307 g/mol. The van der Waals surface area contributed by atoms with E-state index < -0.39 is 0 Å². The summed E-state index contributed by atoms with van der Waals surface area (Å²) in [7, 11) is 0. The molecule has 0 bridgehead atoms. The zero-order valence-electron chi connectivity index (χ0n) is 7.87. The molecule has 0 aliphatic carbocycles. The smallest absolute Gasteiger partial charge is 0.0601 e. The van der Waals surface area contributed by atoms with Crippen molar-refractivity contribution in [2.24, 2.45) is 0 Å². The van der Waals surface area contributed by atoms with Crippen LogP contribution in [0.3, 0.4) is 0 Å². The molecule has 0 spiro atoms. The maximum atomic E-state index is 6.00. The first-order valence-electron chi connectivity index (χ1n) is 4.65. The zero-order chi connectivity index (χ0) is 9.97. The van der Waals surface area contributed by atoms with Crippen LogP contribution in [0.5, 0.6) is 0 Å². The van der Waals surface area contributed by atoms with Crippen LogP contribution in [-0.2, 0) is 0 Å². The molecular formula is C10H13IN2S. The summed E-state index contributed by atoms with van der Waals surface area (Å²) in [5.74, 6) is 2.43. The Labute approximate surface area is 102 Å². The Morgan fingerprint density at radius 2 is 2.00 bits per heavy atom. The molecule has 1 heterocycles. The van der Waals surface area contributed by atoms with E-state index >= 15 is 0 Å². The second-order valence-electron chi connectivity index (χ2n) is 3.30. The van der Waals surface area contributed by atoms with Gasteiger partial charge in [0.1, 0.15) is 0 Å². The van der Waals surface area contributed by atoms with Gasteiger partial charge >= 0.3 is 0 Å². The van der Waals surface area contributed by atoms with E-state index in [4.69, 9.17) is 5.73 Å². The molecule has 0 unspecified atom stereocenters. The number of nitrogens with two attached hydrogens (primary N) is 1. The van der Waals surface area contributed by atoms with E-state index in [2.05, 4.69) is 39.6 Å². The SMILES string of the molecule is Nc1cc(I)ccc1N1CCSCC1. The lowest BCUT2D eigenvalue weighted by molar-refractivity contribution is 0.860. The molecule has 0 radical (unpaired) electrons. The first-order chi connectivity index (χ1) is 6.77. The first-order valence-corrected chi connectivity index (χ1v) is 6.88. The number of thioether (sulfide) groups is 1. The van der Waals surface area contributed by atoms with E-state index in [-0.39, 0.29) is 0 Å². The molecule has 0 aromatic heterocycles. The molecule has 2 N–H and O–H groups in total. The highest BCUT2D eigenvalue weighted by Crippen LogP contribution is 2.27. The van der Waals surface area contributed by atoms with E-state index in [1.165, 1.54) is 20.8 Å². The van der Waals surface area contributed by atoms with Crippen molar-refractivity contribution in [2.75, 3.05) is 35.2 Å². The van der Waals surface area contributed by atoms with E-state index in [1.807, 2.05) is 17.8 Å². The largest absolute Gasteiger partial charge is 0.397 e. The number of hydrogen-bond donors (Lipinski definition) is 1. The molecule has 1 aliphatic heterocycles. The molecule has 0 amide bonds. The van der Waals surface area contributed by atoms with E-state index in [0.29, 0.717) is 0 Å². The fraction of sp³-hybridized carbons (Fsp3) is 0.400. The minimum absolute atomic E-state index is 0.906. The number of halogens is 1. The fourth-order valence-electron chi connectivity index (χ4n) is 1.62. The Morgan fingerprint density at radius 3 is 2.64 bits per heavy atom. The Kier molecular flexibility index (Phi) is 3.43. The summed E-state index contributed by atoms with van der Waals surface area (Å²) in [5, 5.41) is 0. The minimum Gasteiger partial charge on any atom is -0.397 e. The molecule has 14 heavy (non-hydrogen) atoms. The zero-order valence-corrected chi connectivity index (χ0v) is 10.8. The van der Waals surface area contributed by atoms with Gasteiger partial charge in [0.25, 0.3) is 0 Å². The molecule has 1 saturated heterocycles. The van der Waals surface area contributed by atoms with Crippen molar-refractivity contribution in [3.05, 3.63) is 21.8 Å². The van der Waals surface area contributed by atoms with Crippen molar-refractivity contribution in [1.29, 1.82) is 0 Å². The van der Waals surface area contributed by atoms with Crippen molar-refractivity contribution in [2.45, 2.75) is 0 Å². The van der Waals surface area contributed by atoms with Gasteiger partial charge in [-0.15, -0.1) is 0 Å². The van der Waals surface area contributed by atoms with Crippen LogP contribution in [-0.4, -0.2) is 24.6 Å². The molecule has 1 fully saturated rings. The van der Waals surface area contributed by atoms with Gasteiger partial charge in [0.2, 0.25) is 0 Å². The highest BCUT2D eigenvalue weighted by atomic mass is 127. The molecule has 0 atom stereocenters. The highest BCUT2D eigenvalue weighted by Gasteiger charge is 2.13. The van der Waals surface area contributed by atoms with Gasteiger partial charge in [-0.3, -0.25) is 0 Å². The molecule has 1 aromatic carbocycles. The molecule has 2 rings (SSSR count). The normalized spacial score (nSPS) is 17.1. The predicted octanol–water partition coefficient (Wildman–Crippen LogP) is 2.43. The van der Waals surface area contributed by atoms with Crippen LogP contribution in [0.25, 0.3) is 0 Å². The quantitative estimate of drug-likeness (QED) is 0.637. The van der Waals surface area contributed by atoms with Crippen LogP contribution in [0.4, 0.5) is 11.4 Å². The van der Waals surface area contributed by atoms with Gasteiger partial charge < -0.3 is 10.6 Å². The number of nitrogen functional groups attached to an aromatic ring is 1. The summed E-state index contributed by atoms with van der Waals surface area (Å²) in [6, 6.07) is 6.29. The van der Waals surface area contributed by atoms with E-state index in [0.717, 1.165) is 18.8 Å². The van der Waals surface area contributed by atoms with Gasteiger partial charge in [-0.2, -0.15) is 11.8 Å². The average molecular weight is 320 g/mol. The Balaban J connectivity index is 2.22. The van der Waals surface area contributed by atoms with Crippen molar-refractivity contribution < 1.29 is 0 Å². The third-order valence-corrected chi connectivity index (χ3v) is 3.95. The molecule has 0 saturated carbocycles. The molecule has 76 valence electrons. The number of benzene rings is 1. The monoisotopic (exact) mass is 320 g/mol. The molecule has 1 aromatic rings. The van der Waals surface area contributed by atoms with Crippen molar-refractivity contribution in [3.8, 4) is 0 Å². The third kappa shape index (κ3) is 2.28. The van der Waals surface area contributed by atoms with Gasteiger partial charge in [0.05, 0.1) is 11.4 Å². The Bertz CT molecular complexity index is 324. The van der Waals surface area contributed by atoms with Gasteiger partial charge in [0.15, 0.2) is 0 Å². The molecule has 2 nitrogen and oxygen atoms in total. The van der Waals surface area contributed by atoms with Gasteiger partial charge in [-0.1, -0.05) is 0 Å². The van der Waals surface area contributed by atoms with Crippen molar-refractivity contribution in [3.63, 3.8) is 0 Å². The van der Waals surface area contributed by atoms with Gasteiger partial charge in [-0.05, 0) is 40.8 Å². The number of hydrogen-bond acceptors (Lipinski definition) is 3. The van der Waals surface area contributed by atoms with Gasteiger partial charge in [0, 0.05) is 28.2 Å². The summed E-state index contributed by atoms with van der Waals surface area (Å²) < 4.78 is 1.20. The fourth-order valence-corrected chi connectivity index (χ4v) is 3.04. The summed E-state index contributed by atoms with van der Waals surface area (Å²) in [5.41, 5.74) is 8.10. The van der Waals surface area contributed by atoms with Gasteiger partial charge in [-0.25, -0.2) is 0 Å². The van der Waals surface area contributed by atoms with Crippen LogP contribution in [0, 0.1) is 3.57 Å². The predicted molar refractivity (Wildman–Crippen MR) is 73.1 cm³/mol. The van der Waals surface area contributed by atoms with Crippen LogP contribution >= 0.6 is 34.4 Å². The molecule has 1 aliphatic rings. The van der Waals surface area contributed by atoms with Crippen LogP contribution in [0.15, 0.2) is 18.2 Å². The van der Waals surface area contributed by atoms with Crippen LogP contribution in [0.2, 0.25) is 0 Å². The second-order valence-corrected chi connectivity index (χ2v) is 5.77. The third-order valence-electron chi connectivity index (χ3n) is 2.34. The summed E-state index contributed by atoms with van der Waals surface area (Å²) in [6.07, 6.45) is 0. The van der Waals surface area contributed by atoms with E-state index in [9.17, 15) is 0 Å². The lowest BCUT2D eigenvalue weighted by atomic mass is 10.2. The summed E-state index contributed by atoms with van der Waals surface area (Å²) >= 11 is 4.31. The standard InChI is InChI=1S/C10H13IN2S/c11-8-1-2-10(9(12)7-8)13-3-5-14-6-4-13/h1-2,7H,3-6,12H2. The maximum Gasteiger partial charge on any atom is 0.0601 e. The van der Waals surface area contributed by atoms with Crippen molar-refractivity contribution >= 4 is 45.7 Å². The Morgan fingerprint density at radius 1 is 1.29 bits per heavy atom. The average Bonchev–Trinajstić information content (AvgIpc) is 2.19. The summed E-state index contributed by atoms with van der Waals surface area (Å²) in [6.45, 7) is 2.24. The van der Waals surface area contributed by atoms with Crippen LogP contribution < -0.4 is 10.6 Å². The van der Waals surface area contributed by atoms with Crippen molar-refractivity contribution in [1.82, 2.24) is 0 Å². The first kappa shape index (κ1) is 10.4.